The number of halogens is 1. The van der Waals surface area contributed by atoms with E-state index >= 15 is 0 Å². The van der Waals surface area contributed by atoms with E-state index in [0.717, 1.165) is 4.57 Å². The first-order valence-corrected chi connectivity index (χ1v) is 7.42. The molecule has 0 fully saturated rings. The average molecular weight is 339 g/mol. The van der Waals surface area contributed by atoms with Gasteiger partial charge in [-0.05, 0) is 43.3 Å². The highest BCUT2D eigenvalue weighted by Gasteiger charge is 2.17. The van der Waals surface area contributed by atoms with E-state index < -0.39 is 22.9 Å². The Labute approximate surface area is 141 Å². The number of nitrogens with zero attached hydrogens (tertiary/aromatic N) is 2. The van der Waals surface area contributed by atoms with Gasteiger partial charge in [0.15, 0.2) is 0 Å². The molecule has 0 atom stereocenters. The quantitative estimate of drug-likeness (QED) is 0.719. The fourth-order valence-electron chi connectivity index (χ4n) is 2.43. The molecule has 2 aromatic carbocycles. The van der Waals surface area contributed by atoms with Gasteiger partial charge in [0.05, 0.1) is 17.1 Å². The van der Waals surface area contributed by atoms with E-state index in [2.05, 4.69) is 9.98 Å². The van der Waals surface area contributed by atoms with Crippen molar-refractivity contribution in [2.24, 2.45) is 4.99 Å². The van der Waals surface area contributed by atoms with Crippen molar-refractivity contribution in [1.82, 2.24) is 9.55 Å². The van der Waals surface area contributed by atoms with Crippen molar-refractivity contribution in [2.45, 2.75) is 6.92 Å². The van der Waals surface area contributed by atoms with Gasteiger partial charge in [-0.3, -0.25) is 14.8 Å². The molecule has 0 spiro atoms. The lowest BCUT2D eigenvalue weighted by molar-refractivity contribution is 0.430. The molecule has 0 aliphatic rings. The SMILES string of the molecule is CC(=Nc1ccc(F)cc1)c1c(O)n(-c2ccccc2)c(=O)[nH]c1=O. The van der Waals surface area contributed by atoms with E-state index in [0.29, 0.717) is 11.4 Å². The second kappa shape index (κ2) is 6.56. The summed E-state index contributed by atoms with van der Waals surface area (Å²) in [5.74, 6) is -0.918. The molecule has 0 unspecified atom stereocenters. The highest BCUT2D eigenvalue weighted by molar-refractivity contribution is 6.01. The van der Waals surface area contributed by atoms with Crippen molar-refractivity contribution in [1.29, 1.82) is 0 Å². The van der Waals surface area contributed by atoms with Crippen molar-refractivity contribution in [3.05, 3.63) is 86.8 Å². The van der Waals surface area contributed by atoms with E-state index in [9.17, 15) is 19.1 Å². The lowest BCUT2D eigenvalue weighted by Crippen LogP contribution is -2.32. The largest absolute Gasteiger partial charge is 0.493 e. The van der Waals surface area contributed by atoms with Crippen LogP contribution in [0.5, 0.6) is 5.88 Å². The van der Waals surface area contributed by atoms with Crippen LogP contribution in [0.1, 0.15) is 12.5 Å². The van der Waals surface area contributed by atoms with Gasteiger partial charge in [0.1, 0.15) is 11.4 Å². The lowest BCUT2D eigenvalue weighted by Gasteiger charge is -2.11. The number of rotatable bonds is 3. The van der Waals surface area contributed by atoms with Crippen LogP contribution in [0.3, 0.4) is 0 Å². The third kappa shape index (κ3) is 3.25. The first-order chi connectivity index (χ1) is 12.0. The first kappa shape index (κ1) is 16.4. The van der Waals surface area contributed by atoms with E-state index in [1.807, 2.05) is 0 Å². The monoisotopic (exact) mass is 339 g/mol. The fourth-order valence-corrected chi connectivity index (χ4v) is 2.43. The number of aromatic nitrogens is 2. The predicted octanol–water partition coefficient (Wildman–Crippen LogP) is 2.51. The average Bonchev–Trinajstić information content (AvgIpc) is 2.57. The molecule has 1 heterocycles. The topological polar surface area (TPSA) is 87.4 Å². The van der Waals surface area contributed by atoms with Crippen LogP contribution in [0.15, 0.2) is 69.2 Å². The van der Waals surface area contributed by atoms with Gasteiger partial charge in [-0.1, -0.05) is 18.2 Å². The molecule has 3 aromatic rings. The third-order valence-corrected chi connectivity index (χ3v) is 3.59. The minimum Gasteiger partial charge on any atom is -0.493 e. The first-order valence-electron chi connectivity index (χ1n) is 7.42. The molecule has 0 saturated heterocycles. The number of aromatic hydroxyl groups is 1. The molecule has 0 radical (unpaired) electrons. The van der Waals surface area contributed by atoms with Gasteiger partial charge >= 0.3 is 5.69 Å². The molecule has 0 amide bonds. The molecule has 126 valence electrons. The Kier molecular flexibility index (Phi) is 4.30. The number of hydrogen-bond acceptors (Lipinski definition) is 4. The molecule has 0 aliphatic carbocycles. The summed E-state index contributed by atoms with van der Waals surface area (Å²) in [4.78, 5) is 30.6. The van der Waals surface area contributed by atoms with Crippen molar-refractivity contribution in [3.63, 3.8) is 0 Å². The van der Waals surface area contributed by atoms with Gasteiger partial charge in [-0.15, -0.1) is 0 Å². The minimum absolute atomic E-state index is 0.132. The van der Waals surface area contributed by atoms with E-state index in [1.165, 1.54) is 31.2 Å². The maximum Gasteiger partial charge on any atom is 0.335 e. The Bertz CT molecular complexity index is 1050. The number of aromatic amines is 1. The molecule has 25 heavy (non-hydrogen) atoms. The van der Waals surface area contributed by atoms with Crippen LogP contribution >= 0.6 is 0 Å². The lowest BCUT2D eigenvalue weighted by atomic mass is 10.2. The van der Waals surface area contributed by atoms with Gasteiger partial charge in [-0.2, -0.15) is 0 Å². The van der Waals surface area contributed by atoms with Gasteiger partial charge in [-0.25, -0.2) is 13.8 Å². The van der Waals surface area contributed by atoms with Crippen LogP contribution in [0.2, 0.25) is 0 Å². The zero-order valence-corrected chi connectivity index (χ0v) is 13.2. The zero-order chi connectivity index (χ0) is 18.0. The molecular formula is C18H14FN3O3. The number of hydrogen-bond donors (Lipinski definition) is 2. The van der Waals surface area contributed by atoms with Crippen LogP contribution in [-0.2, 0) is 0 Å². The summed E-state index contributed by atoms with van der Waals surface area (Å²) in [6, 6.07) is 13.8. The highest BCUT2D eigenvalue weighted by Crippen LogP contribution is 2.19. The Hall–Kier alpha value is -3.48. The Morgan fingerprint density at radius 2 is 1.72 bits per heavy atom. The molecule has 7 heteroatoms. The molecule has 2 N–H and O–H groups in total. The smallest absolute Gasteiger partial charge is 0.335 e. The number of para-hydroxylation sites is 1. The van der Waals surface area contributed by atoms with Gasteiger partial charge < -0.3 is 5.11 Å². The van der Waals surface area contributed by atoms with Crippen molar-refractivity contribution >= 4 is 11.4 Å². The Morgan fingerprint density at radius 3 is 2.36 bits per heavy atom. The van der Waals surface area contributed by atoms with Crippen molar-refractivity contribution in [2.75, 3.05) is 0 Å². The number of aliphatic imine (C=N–C) groups is 1. The van der Waals surface area contributed by atoms with Crippen LogP contribution in [-0.4, -0.2) is 20.4 Å². The molecule has 1 aromatic heterocycles. The van der Waals surface area contributed by atoms with Gasteiger partial charge in [0, 0.05) is 0 Å². The summed E-state index contributed by atoms with van der Waals surface area (Å²) in [5, 5.41) is 10.5. The van der Waals surface area contributed by atoms with Crippen LogP contribution < -0.4 is 11.2 Å². The summed E-state index contributed by atoms with van der Waals surface area (Å²) in [6.07, 6.45) is 0. The van der Waals surface area contributed by atoms with Gasteiger partial charge in [0.25, 0.3) is 5.56 Å². The molecule has 0 bridgehead atoms. The fraction of sp³-hybridized carbons (Fsp3) is 0.0556. The Morgan fingerprint density at radius 1 is 1.08 bits per heavy atom. The second-order valence-corrected chi connectivity index (χ2v) is 5.30. The maximum atomic E-state index is 13.0. The summed E-state index contributed by atoms with van der Waals surface area (Å²) in [6.45, 7) is 1.52. The van der Waals surface area contributed by atoms with Crippen LogP contribution in [0.4, 0.5) is 10.1 Å². The van der Waals surface area contributed by atoms with Crippen LogP contribution in [0, 0.1) is 5.82 Å². The summed E-state index contributed by atoms with van der Waals surface area (Å²) < 4.78 is 14.0. The molecular weight excluding hydrogens is 325 g/mol. The van der Waals surface area contributed by atoms with E-state index in [1.54, 1.807) is 30.3 Å². The van der Waals surface area contributed by atoms with Gasteiger partial charge in [0.2, 0.25) is 5.88 Å². The molecule has 6 nitrogen and oxygen atoms in total. The number of benzene rings is 2. The van der Waals surface area contributed by atoms with Crippen LogP contribution in [0.25, 0.3) is 5.69 Å². The third-order valence-electron chi connectivity index (χ3n) is 3.59. The Balaban J connectivity index is 2.18. The number of H-pyrrole nitrogens is 1. The molecule has 3 rings (SSSR count). The summed E-state index contributed by atoms with van der Waals surface area (Å²) in [5.41, 5.74) is -0.639. The van der Waals surface area contributed by atoms with E-state index in [4.69, 9.17) is 0 Å². The second-order valence-electron chi connectivity index (χ2n) is 5.30. The van der Waals surface area contributed by atoms with Crippen molar-refractivity contribution in [3.8, 4) is 11.6 Å². The standard InChI is InChI=1S/C18H14FN3O3/c1-11(20-13-9-7-12(19)8-10-13)15-16(23)21-18(25)22(17(15)24)14-5-3-2-4-6-14/h2-10,24H,1H3,(H,21,23,25). The minimum atomic E-state index is -0.757. The normalized spacial score (nSPS) is 11.5. The highest BCUT2D eigenvalue weighted by atomic mass is 19.1. The maximum absolute atomic E-state index is 13.0. The van der Waals surface area contributed by atoms with E-state index in [-0.39, 0.29) is 11.3 Å². The zero-order valence-electron chi connectivity index (χ0n) is 13.2. The number of nitrogens with one attached hydrogen (secondary N) is 1. The van der Waals surface area contributed by atoms with Crippen molar-refractivity contribution < 1.29 is 9.50 Å². The summed E-state index contributed by atoms with van der Waals surface area (Å²) >= 11 is 0. The summed E-state index contributed by atoms with van der Waals surface area (Å²) in [7, 11) is 0. The molecule has 0 saturated carbocycles. The molecule has 0 aliphatic heterocycles. The predicted molar refractivity (Wildman–Crippen MR) is 92.6 cm³/mol.